The van der Waals surface area contributed by atoms with Crippen molar-refractivity contribution < 1.29 is 9.59 Å². The van der Waals surface area contributed by atoms with E-state index in [1.54, 1.807) is 16.7 Å². The molecule has 1 aromatic rings. The van der Waals surface area contributed by atoms with E-state index >= 15 is 0 Å². The third kappa shape index (κ3) is 6.32. The lowest BCUT2D eigenvalue weighted by Crippen LogP contribution is -2.43. The smallest absolute Gasteiger partial charge is 0.238 e. The molecule has 0 heterocycles. The van der Waals surface area contributed by atoms with Crippen molar-refractivity contribution in [1.82, 2.24) is 4.90 Å². The minimum Gasteiger partial charge on any atom is -0.369 e. The molecule has 2 amide bonds. The maximum Gasteiger partial charge on any atom is 0.238 e. The molecular weight excluding hydrogens is 298 g/mol. The average Bonchev–Trinajstić information content (AvgIpc) is 2.45. The molecule has 0 saturated heterocycles. The number of rotatable bonds is 9. The van der Waals surface area contributed by atoms with Gasteiger partial charge in [0, 0.05) is 16.7 Å². The lowest BCUT2D eigenvalue weighted by Gasteiger charge is -2.24. The number of carbonyl (C=O) groups is 2. The van der Waals surface area contributed by atoms with Gasteiger partial charge in [0.15, 0.2) is 0 Å². The van der Waals surface area contributed by atoms with Crippen LogP contribution in [0.25, 0.3) is 0 Å². The third-order valence-electron chi connectivity index (χ3n) is 2.95. The highest BCUT2D eigenvalue weighted by atomic mass is 32.2. The van der Waals surface area contributed by atoms with Crippen molar-refractivity contribution in [1.29, 1.82) is 0 Å². The summed E-state index contributed by atoms with van der Waals surface area (Å²) in [5.41, 5.74) is 5.98. The number of nitrogens with zero attached hydrogens (tertiary/aromatic N) is 1. The maximum atomic E-state index is 12.2. The molecule has 6 heteroatoms. The molecule has 0 aliphatic heterocycles. The molecule has 0 atom stereocenters. The molecule has 0 bridgehead atoms. The van der Waals surface area contributed by atoms with Crippen LogP contribution in [0.3, 0.4) is 0 Å². The molecule has 5 nitrogen and oxygen atoms in total. The van der Waals surface area contributed by atoms with E-state index in [0.29, 0.717) is 0 Å². The predicted molar refractivity (Wildman–Crippen MR) is 91.9 cm³/mol. The average molecular weight is 321 g/mol. The number of anilines is 1. The number of hydrogen-bond acceptors (Lipinski definition) is 4. The van der Waals surface area contributed by atoms with Crippen LogP contribution in [-0.2, 0) is 9.59 Å². The number of nitrogens with one attached hydrogen (secondary N) is 1. The summed E-state index contributed by atoms with van der Waals surface area (Å²) in [5, 5.41) is 2.89. The molecule has 0 aromatic heterocycles. The summed E-state index contributed by atoms with van der Waals surface area (Å²) in [7, 11) is 0. The molecule has 0 unspecified atom stereocenters. The summed E-state index contributed by atoms with van der Waals surface area (Å²) in [5.74, 6) is 0.164. The monoisotopic (exact) mass is 321 g/mol. The van der Waals surface area contributed by atoms with E-state index in [1.807, 2.05) is 44.2 Å². The van der Waals surface area contributed by atoms with Crippen molar-refractivity contribution in [2.75, 3.05) is 24.2 Å². The fourth-order valence-electron chi connectivity index (χ4n) is 1.84. The molecule has 3 N–H and O–H groups in total. The van der Waals surface area contributed by atoms with Crippen molar-refractivity contribution in [2.45, 2.75) is 24.8 Å². The molecule has 1 aromatic carbocycles. The van der Waals surface area contributed by atoms with E-state index < -0.39 is 5.91 Å². The highest BCUT2D eigenvalue weighted by Gasteiger charge is 2.16. The van der Waals surface area contributed by atoms with Crippen molar-refractivity contribution in [3.05, 3.63) is 36.9 Å². The van der Waals surface area contributed by atoms with Crippen LogP contribution in [0.4, 0.5) is 5.69 Å². The standard InChI is InChI=1S/C16H23N3O2S/c1-4-9-22-14-8-6-5-7-13(14)18-16(21)11-19(12(2)3)10-15(17)20/h4-8,12H,1,9-11H2,2-3H3,(H2,17,20)(H,18,21). The second-order valence-corrected chi connectivity index (χ2v) is 6.17. The molecule has 0 saturated carbocycles. The van der Waals surface area contributed by atoms with Gasteiger partial charge in [-0.3, -0.25) is 14.5 Å². The van der Waals surface area contributed by atoms with Gasteiger partial charge in [0.1, 0.15) is 0 Å². The lowest BCUT2D eigenvalue weighted by atomic mass is 10.3. The molecule has 0 radical (unpaired) electrons. The lowest BCUT2D eigenvalue weighted by molar-refractivity contribution is -0.121. The van der Waals surface area contributed by atoms with Crippen LogP contribution in [0.1, 0.15) is 13.8 Å². The normalized spacial score (nSPS) is 10.7. The Morgan fingerprint density at radius 1 is 1.36 bits per heavy atom. The molecule has 1 rings (SSSR count). The minimum atomic E-state index is -0.441. The molecule has 0 aliphatic rings. The fourth-order valence-corrected chi connectivity index (χ4v) is 2.59. The number of nitrogens with two attached hydrogens (primary N) is 1. The quantitative estimate of drug-likeness (QED) is 0.539. The van der Waals surface area contributed by atoms with E-state index in [4.69, 9.17) is 5.73 Å². The van der Waals surface area contributed by atoms with Gasteiger partial charge in [0.25, 0.3) is 0 Å². The van der Waals surface area contributed by atoms with E-state index in [2.05, 4.69) is 11.9 Å². The number of amides is 2. The number of hydrogen-bond donors (Lipinski definition) is 2. The van der Waals surface area contributed by atoms with Crippen molar-refractivity contribution in [2.24, 2.45) is 5.73 Å². The van der Waals surface area contributed by atoms with Crippen LogP contribution < -0.4 is 11.1 Å². The Kier molecular flexibility index (Phi) is 7.70. The zero-order valence-electron chi connectivity index (χ0n) is 13.0. The van der Waals surface area contributed by atoms with Gasteiger partial charge in [-0.25, -0.2) is 0 Å². The summed E-state index contributed by atoms with van der Waals surface area (Å²) in [6.45, 7) is 7.73. The number of thioether (sulfide) groups is 1. The number of primary amides is 1. The molecule has 120 valence electrons. The van der Waals surface area contributed by atoms with E-state index in [0.717, 1.165) is 16.3 Å². The fraction of sp³-hybridized carbons (Fsp3) is 0.375. The van der Waals surface area contributed by atoms with Crippen molar-refractivity contribution in [3.8, 4) is 0 Å². The van der Waals surface area contributed by atoms with Crippen LogP contribution in [-0.4, -0.2) is 41.6 Å². The van der Waals surface area contributed by atoms with Crippen LogP contribution in [0, 0.1) is 0 Å². The van der Waals surface area contributed by atoms with Crippen LogP contribution in [0.5, 0.6) is 0 Å². The molecular formula is C16H23N3O2S. The number of para-hydroxylation sites is 1. The van der Waals surface area contributed by atoms with Gasteiger partial charge >= 0.3 is 0 Å². The Morgan fingerprint density at radius 3 is 2.64 bits per heavy atom. The zero-order chi connectivity index (χ0) is 16.5. The SMILES string of the molecule is C=CCSc1ccccc1NC(=O)CN(CC(N)=O)C(C)C. The Morgan fingerprint density at radius 2 is 2.05 bits per heavy atom. The highest BCUT2D eigenvalue weighted by molar-refractivity contribution is 7.99. The van der Waals surface area contributed by atoms with Gasteiger partial charge in [-0.15, -0.1) is 18.3 Å². The van der Waals surface area contributed by atoms with Crippen LogP contribution >= 0.6 is 11.8 Å². The van der Waals surface area contributed by atoms with E-state index in [1.165, 1.54) is 0 Å². The molecule has 0 aliphatic carbocycles. The summed E-state index contributed by atoms with van der Waals surface area (Å²) >= 11 is 1.60. The van der Waals surface area contributed by atoms with Gasteiger partial charge in [0.2, 0.25) is 11.8 Å². The summed E-state index contributed by atoms with van der Waals surface area (Å²) in [6, 6.07) is 7.67. The summed E-state index contributed by atoms with van der Waals surface area (Å²) < 4.78 is 0. The second-order valence-electron chi connectivity index (χ2n) is 5.11. The largest absolute Gasteiger partial charge is 0.369 e. The molecule has 0 spiro atoms. The first-order valence-electron chi connectivity index (χ1n) is 7.09. The first-order chi connectivity index (χ1) is 10.4. The summed E-state index contributed by atoms with van der Waals surface area (Å²) in [4.78, 5) is 26.0. The predicted octanol–water partition coefficient (Wildman–Crippen LogP) is 2.10. The number of carbonyl (C=O) groups excluding carboxylic acids is 2. The Hall–Kier alpha value is -1.79. The Bertz CT molecular complexity index is 532. The van der Waals surface area contributed by atoms with E-state index in [9.17, 15) is 9.59 Å². The van der Waals surface area contributed by atoms with Gasteiger partial charge in [-0.05, 0) is 26.0 Å². The maximum absolute atomic E-state index is 12.2. The highest BCUT2D eigenvalue weighted by Crippen LogP contribution is 2.26. The van der Waals surface area contributed by atoms with Gasteiger partial charge in [-0.2, -0.15) is 0 Å². The van der Waals surface area contributed by atoms with Crippen molar-refractivity contribution >= 4 is 29.3 Å². The Balaban J connectivity index is 2.71. The van der Waals surface area contributed by atoms with Gasteiger partial charge < -0.3 is 11.1 Å². The van der Waals surface area contributed by atoms with Gasteiger partial charge in [0.05, 0.1) is 18.8 Å². The number of benzene rings is 1. The first-order valence-corrected chi connectivity index (χ1v) is 8.07. The second kappa shape index (κ2) is 9.27. The van der Waals surface area contributed by atoms with Crippen LogP contribution in [0.15, 0.2) is 41.8 Å². The third-order valence-corrected chi connectivity index (χ3v) is 4.02. The van der Waals surface area contributed by atoms with E-state index in [-0.39, 0.29) is 25.0 Å². The zero-order valence-corrected chi connectivity index (χ0v) is 13.9. The summed E-state index contributed by atoms with van der Waals surface area (Å²) in [6.07, 6.45) is 1.82. The first kappa shape index (κ1) is 18.3. The minimum absolute atomic E-state index is 0.0589. The molecule has 0 fully saturated rings. The van der Waals surface area contributed by atoms with Gasteiger partial charge in [-0.1, -0.05) is 18.2 Å². The van der Waals surface area contributed by atoms with Crippen LogP contribution in [0.2, 0.25) is 0 Å². The Labute approximate surface area is 135 Å². The topological polar surface area (TPSA) is 75.4 Å². The molecule has 22 heavy (non-hydrogen) atoms. The van der Waals surface area contributed by atoms with Crippen molar-refractivity contribution in [3.63, 3.8) is 0 Å².